The lowest BCUT2D eigenvalue weighted by molar-refractivity contribution is 0.118. The second kappa shape index (κ2) is 5.91. The van der Waals surface area contributed by atoms with E-state index in [0.29, 0.717) is 12.0 Å². The van der Waals surface area contributed by atoms with Gasteiger partial charge in [-0.15, -0.1) is 0 Å². The molecule has 19 heavy (non-hydrogen) atoms. The van der Waals surface area contributed by atoms with Gasteiger partial charge in [0.1, 0.15) is 11.6 Å². The zero-order valence-corrected chi connectivity index (χ0v) is 11.3. The third-order valence-corrected chi connectivity index (χ3v) is 4.34. The summed E-state index contributed by atoms with van der Waals surface area (Å²) in [7, 11) is 0. The molecular weight excluding hydrogens is 241 g/mol. The number of nitrogens with one attached hydrogen (secondary N) is 1. The van der Waals surface area contributed by atoms with Gasteiger partial charge in [-0.25, -0.2) is 4.39 Å². The Balaban J connectivity index is 1.71. The molecule has 1 heterocycles. The summed E-state index contributed by atoms with van der Waals surface area (Å²) in [5, 5.41) is 3.37. The molecule has 1 saturated carbocycles. The topological polar surface area (TPSA) is 21.3 Å². The standard InChI is InChI=1S/C16H22FNO/c17-14-4-5-16(19-15-2-1-3-15)13(11-14)10-12-6-8-18-9-7-12/h4-5,11-12,15,18H,1-3,6-10H2. The minimum Gasteiger partial charge on any atom is -0.490 e. The predicted octanol–water partition coefficient (Wildman–Crippen LogP) is 3.30. The summed E-state index contributed by atoms with van der Waals surface area (Å²) in [4.78, 5) is 0. The SMILES string of the molecule is Fc1ccc(OC2CCC2)c(CC2CCNCC2)c1. The highest BCUT2D eigenvalue weighted by Gasteiger charge is 2.22. The highest BCUT2D eigenvalue weighted by Crippen LogP contribution is 2.30. The molecule has 104 valence electrons. The van der Waals surface area contributed by atoms with Gasteiger partial charge in [-0.2, -0.15) is 0 Å². The van der Waals surface area contributed by atoms with Gasteiger partial charge in [-0.1, -0.05) is 0 Å². The number of rotatable bonds is 4. The number of halogens is 1. The first kappa shape index (κ1) is 12.9. The Bertz CT molecular complexity index is 425. The van der Waals surface area contributed by atoms with E-state index in [1.807, 2.05) is 6.07 Å². The van der Waals surface area contributed by atoms with Crippen LogP contribution in [0.25, 0.3) is 0 Å². The third-order valence-electron chi connectivity index (χ3n) is 4.34. The second-order valence-corrected chi connectivity index (χ2v) is 5.82. The van der Waals surface area contributed by atoms with Crippen LogP contribution in [-0.4, -0.2) is 19.2 Å². The lowest BCUT2D eigenvalue weighted by Crippen LogP contribution is -2.29. The van der Waals surface area contributed by atoms with Crippen LogP contribution in [0.4, 0.5) is 4.39 Å². The molecule has 3 rings (SSSR count). The molecule has 0 aromatic heterocycles. The van der Waals surface area contributed by atoms with Gasteiger partial charge in [-0.05, 0) is 81.3 Å². The fourth-order valence-electron chi connectivity index (χ4n) is 2.89. The van der Waals surface area contributed by atoms with Crippen molar-refractivity contribution >= 4 is 0 Å². The Hall–Kier alpha value is -1.09. The fraction of sp³-hybridized carbons (Fsp3) is 0.625. The predicted molar refractivity (Wildman–Crippen MR) is 74.0 cm³/mol. The van der Waals surface area contributed by atoms with Crippen molar-refractivity contribution in [1.82, 2.24) is 5.32 Å². The van der Waals surface area contributed by atoms with Crippen molar-refractivity contribution in [3.63, 3.8) is 0 Å². The molecule has 2 nitrogen and oxygen atoms in total. The zero-order chi connectivity index (χ0) is 13.1. The summed E-state index contributed by atoms with van der Waals surface area (Å²) in [5.41, 5.74) is 1.05. The summed E-state index contributed by atoms with van der Waals surface area (Å²) < 4.78 is 19.5. The van der Waals surface area contributed by atoms with Crippen molar-refractivity contribution in [2.24, 2.45) is 5.92 Å². The van der Waals surface area contributed by atoms with Crippen molar-refractivity contribution in [1.29, 1.82) is 0 Å². The smallest absolute Gasteiger partial charge is 0.123 e. The maximum Gasteiger partial charge on any atom is 0.123 e. The van der Waals surface area contributed by atoms with E-state index in [1.165, 1.54) is 25.3 Å². The van der Waals surface area contributed by atoms with Gasteiger partial charge in [0.2, 0.25) is 0 Å². The summed E-state index contributed by atoms with van der Waals surface area (Å²) >= 11 is 0. The molecule has 1 aromatic carbocycles. The van der Waals surface area contributed by atoms with Crippen molar-refractivity contribution in [2.45, 2.75) is 44.6 Å². The van der Waals surface area contributed by atoms with E-state index in [4.69, 9.17) is 4.74 Å². The molecule has 0 spiro atoms. The zero-order valence-electron chi connectivity index (χ0n) is 11.3. The molecule has 0 atom stereocenters. The largest absolute Gasteiger partial charge is 0.490 e. The molecular formula is C16H22FNO. The normalized spacial score (nSPS) is 21.1. The number of benzene rings is 1. The van der Waals surface area contributed by atoms with Gasteiger partial charge in [0.05, 0.1) is 6.10 Å². The molecule has 0 unspecified atom stereocenters. The van der Waals surface area contributed by atoms with E-state index in [1.54, 1.807) is 6.07 Å². The van der Waals surface area contributed by atoms with Crippen LogP contribution in [0.5, 0.6) is 5.75 Å². The first-order chi connectivity index (χ1) is 9.31. The minimum atomic E-state index is -0.148. The van der Waals surface area contributed by atoms with Crippen LogP contribution >= 0.6 is 0 Å². The molecule has 0 radical (unpaired) electrons. The molecule has 1 saturated heterocycles. The lowest BCUT2D eigenvalue weighted by atomic mass is 9.90. The maximum atomic E-state index is 13.5. The van der Waals surface area contributed by atoms with Crippen molar-refractivity contribution in [3.8, 4) is 5.75 Å². The quantitative estimate of drug-likeness (QED) is 0.900. The van der Waals surface area contributed by atoms with Crippen molar-refractivity contribution in [3.05, 3.63) is 29.6 Å². The number of hydrogen-bond donors (Lipinski definition) is 1. The summed E-state index contributed by atoms with van der Waals surface area (Å²) in [6.07, 6.45) is 7.21. The van der Waals surface area contributed by atoms with Crippen LogP contribution in [-0.2, 0) is 6.42 Å². The monoisotopic (exact) mass is 263 g/mol. The molecule has 3 heteroatoms. The van der Waals surface area contributed by atoms with Gasteiger partial charge >= 0.3 is 0 Å². The van der Waals surface area contributed by atoms with E-state index >= 15 is 0 Å². The highest BCUT2D eigenvalue weighted by atomic mass is 19.1. The van der Waals surface area contributed by atoms with E-state index in [9.17, 15) is 4.39 Å². The van der Waals surface area contributed by atoms with Crippen LogP contribution in [0.2, 0.25) is 0 Å². The van der Waals surface area contributed by atoms with Gasteiger partial charge in [0, 0.05) is 0 Å². The Labute approximate surface area is 114 Å². The Morgan fingerprint density at radius 1 is 1.16 bits per heavy atom. The Morgan fingerprint density at radius 2 is 1.95 bits per heavy atom. The maximum absolute atomic E-state index is 13.5. The number of piperidine rings is 1. The molecule has 1 aliphatic carbocycles. The second-order valence-electron chi connectivity index (χ2n) is 5.82. The summed E-state index contributed by atoms with van der Waals surface area (Å²) in [5.74, 6) is 1.42. The van der Waals surface area contributed by atoms with E-state index in [-0.39, 0.29) is 5.82 Å². The van der Waals surface area contributed by atoms with Gasteiger partial charge < -0.3 is 10.1 Å². The number of ether oxygens (including phenoxy) is 1. The van der Waals surface area contributed by atoms with Crippen LogP contribution in [0.15, 0.2) is 18.2 Å². The van der Waals surface area contributed by atoms with E-state index in [0.717, 1.165) is 43.7 Å². The summed E-state index contributed by atoms with van der Waals surface area (Å²) in [6.45, 7) is 2.16. The van der Waals surface area contributed by atoms with Crippen LogP contribution in [0, 0.1) is 11.7 Å². The average molecular weight is 263 g/mol. The third kappa shape index (κ3) is 3.27. The Kier molecular flexibility index (Phi) is 4.02. The Morgan fingerprint density at radius 3 is 2.63 bits per heavy atom. The number of hydrogen-bond acceptors (Lipinski definition) is 2. The summed E-state index contributed by atoms with van der Waals surface area (Å²) in [6, 6.07) is 4.99. The molecule has 1 N–H and O–H groups in total. The van der Waals surface area contributed by atoms with Gasteiger partial charge in [-0.3, -0.25) is 0 Å². The molecule has 1 aromatic rings. The van der Waals surface area contributed by atoms with Crippen molar-refractivity contribution in [2.75, 3.05) is 13.1 Å². The fourth-order valence-corrected chi connectivity index (χ4v) is 2.89. The average Bonchev–Trinajstić information content (AvgIpc) is 2.37. The van der Waals surface area contributed by atoms with E-state index in [2.05, 4.69) is 5.32 Å². The first-order valence-electron chi connectivity index (χ1n) is 7.47. The first-order valence-corrected chi connectivity index (χ1v) is 7.47. The molecule has 1 aliphatic heterocycles. The van der Waals surface area contributed by atoms with Crippen LogP contribution in [0.1, 0.15) is 37.7 Å². The lowest BCUT2D eigenvalue weighted by Gasteiger charge is -2.29. The van der Waals surface area contributed by atoms with Gasteiger partial charge in [0.25, 0.3) is 0 Å². The minimum absolute atomic E-state index is 0.148. The van der Waals surface area contributed by atoms with Crippen molar-refractivity contribution < 1.29 is 9.13 Å². The molecule has 2 fully saturated rings. The molecule has 2 aliphatic rings. The highest BCUT2D eigenvalue weighted by molar-refractivity contribution is 5.34. The molecule has 0 amide bonds. The molecule has 0 bridgehead atoms. The van der Waals surface area contributed by atoms with Crippen LogP contribution < -0.4 is 10.1 Å². The van der Waals surface area contributed by atoms with E-state index < -0.39 is 0 Å². The van der Waals surface area contributed by atoms with Gasteiger partial charge in [0.15, 0.2) is 0 Å². The van der Waals surface area contributed by atoms with Crippen LogP contribution in [0.3, 0.4) is 0 Å².